The van der Waals surface area contributed by atoms with Crippen LogP contribution in [-0.2, 0) is 20.8 Å². The SMILES string of the molecule is C=C[C@@H](C[C@H](O)CCOCc1ccc(OC)cc1)OCCOCC. The molecule has 24 heavy (non-hydrogen) atoms. The third-order valence-electron chi connectivity index (χ3n) is 3.55. The Morgan fingerprint density at radius 1 is 1.12 bits per heavy atom. The number of aliphatic hydroxyl groups excluding tert-OH is 1. The van der Waals surface area contributed by atoms with Gasteiger partial charge in [0.1, 0.15) is 5.75 Å². The van der Waals surface area contributed by atoms with Gasteiger partial charge in [0.05, 0.1) is 39.1 Å². The lowest BCUT2D eigenvalue weighted by Crippen LogP contribution is -2.22. The van der Waals surface area contributed by atoms with Crippen LogP contribution in [0.25, 0.3) is 0 Å². The molecule has 0 unspecified atom stereocenters. The molecule has 0 aliphatic carbocycles. The summed E-state index contributed by atoms with van der Waals surface area (Å²) >= 11 is 0. The maximum Gasteiger partial charge on any atom is 0.118 e. The van der Waals surface area contributed by atoms with Gasteiger partial charge in [0.2, 0.25) is 0 Å². The van der Waals surface area contributed by atoms with Crippen molar-refractivity contribution in [2.45, 2.75) is 38.6 Å². The number of hydrogen-bond donors (Lipinski definition) is 1. The molecule has 0 aromatic heterocycles. The molecule has 0 amide bonds. The van der Waals surface area contributed by atoms with E-state index in [1.54, 1.807) is 13.2 Å². The average molecular weight is 338 g/mol. The van der Waals surface area contributed by atoms with E-state index >= 15 is 0 Å². The summed E-state index contributed by atoms with van der Waals surface area (Å²) in [6, 6.07) is 7.74. The van der Waals surface area contributed by atoms with Crippen LogP contribution >= 0.6 is 0 Å². The lowest BCUT2D eigenvalue weighted by Gasteiger charge is -2.18. The van der Waals surface area contributed by atoms with Crippen LogP contribution in [0.5, 0.6) is 5.75 Å². The Morgan fingerprint density at radius 3 is 2.50 bits per heavy atom. The number of methoxy groups -OCH3 is 1. The van der Waals surface area contributed by atoms with E-state index in [2.05, 4.69) is 6.58 Å². The van der Waals surface area contributed by atoms with E-state index in [4.69, 9.17) is 18.9 Å². The molecule has 136 valence electrons. The zero-order valence-corrected chi connectivity index (χ0v) is 14.8. The molecule has 5 heteroatoms. The van der Waals surface area contributed by atoms with Crippen molar-refractivity contribution in [2.75, 3.05) is 33.5 Å². The van der Waals surface area contributed by atoms with Gasteiger partial charge in [0, 0.05) is 19.6 Å². The molecule has 1 aromatic rings. The van der Waals surface area contributed by atoms with Gasteiger partial charge in [0.25, 0.3) is 0 Å². The molecule has 0 aliphatic heterocycles. The van der Waals surface area contributed by atoms with Crippen molar-refractivity contribution >= 4 is 0 Å². The summed E-state index contributed by atoms with van der Waals surface area (Å²) in [7, 11) is 1.64. The first kappa shape index (κ1) is 20.6. The third-order valence-corrected chi connectivity index (χ3v) is 3.55. The Kier molecular flexibility index (Phi) is 11.1. The van der Waals surface area contributed by atoms with E-state index in [1.165, 1.54) is 0 Å². The summed E-state index contributed by atoms with van der Waals surface area (Å²) in [5.41, 5.74) is 1.08. The second-order valence-electron chi connectivity index (χ2n) is 5.42. The molecule has 0 bridgehead atoms. The van der Waals surface area contributed by atoms with Crippen LogP contribution in [-0.4, -0.2) is 50.9 Å². The van der Waals surface area contributed by atoms with Crippen molar-refractivity contribution in [3.63, 3.8) is 0 Å². The molecule has 0 saturated carbocycles. The summed E-state index contributed by atoms with van der Waals surface area (Å²) in [5, 5.41) is 10.1. The Morgan fingerprint density at radius 2 is 1.88 bits per heavy atom. The molecule has 0 saturated heterocycles. The van der Waals surface area contributed by atoms with Crippen molar-refractivity contribution < 1.29 is 24.1 Å². The highest BCUT2D eigenvalue weighted by molar-refractivity contribution is 5.26. The minimum Gasteiger partial charge on any atom is -0.497 e. The topological polar surface area (TPSA) is 57.2 Å². The number of rotatable bonds is 14. The summed E-state index contributed by atoms with van der Waals surface area (Å²) < 4.78 is 21.5. The molecule has 0 radical (unpaired) electrons. The Balaban J connectivity index is 2.15. The summed E-state index contributed by atoms with van der Waals surface area (Å²) in [4.78, 5) is 0. The standard InChI is InChI=1S/C19H30O5/c1-4-18(24-13-12-22-5-2)14-17(20)10-11-23-15-16-6-8-19(21-3)9-7-16/h4,6-9,17-18,20H,1,5,10-15H2,2-3H3/t17-,18+/m1/s1. The molecule has 0 aliphatic rings. The second-order valence-corrected chi connectivity index (χ2v) is 5.42. The van der Waals surface area contributed by atoms with Crippen LogP contribution < -0.4 is 4.74 Å². The van der Waals surface area contributed by atoms with Crippen molar-refractivity contribution in [3.05, 3.63) is 42.5 Å². The molecular formula is C19H30O5. The van der Waals surface area contributed by atoms with Gasteiger partial charge in [-0.2, -0.15) is 0 Å². The highest BCUT2D eigenvalue weighted by Crippen LogP contribution is 2.12. The molecule has 1 N–H and O–H groups in total. The smallest absolute Gasteiger partial charge is 0.118 e. The first-order valence-electron chi connectivity index (χ1n) is 8.40. The van der Waals surface area contributed by atoms with Gasteiger partial charge >= 0.3 is 0 Å². The molecule has 0 fully saturated rings. The van der Waals surface area contributed by atoms with Crippen molar-refractivity contribution in [2.24, 2.45) is 0 Å². The van der Waals surface area contributed by atoms with E-state index < -0.39 is 6.10 Å². The summed E-state index contributed by atoms with van der Waals surface area (Å²) in [6.45, 7) is 8.45. The van der Waals surface area contributed by atoms with Gasteiger partial charge in [0.15, 0.2) is 0 Å². The van der Waals surface area contributed by atoms with Crippen LogP contribution in [0.1, 0.15) is 25.3 Å². The molecule has 1 rings (SSSR count). The van der Waals surface area contributed by atoms with E-state index in [-0.39, 0.29) is 6.10 Å². The van der Waals surface area contributed by atoms with E-state index in [0.29, 0.717) is 45.9 Å². The first-order valence-corrected chi connectivity index (χ1v) is 8.40. The highest BCUT2D eigenvalue weighted by atomic mass is 16.5. The van der Waals surface area contributed by atoms with Gasteiger partial charge in [-0.1, -0.05) is 18.2 Å². The lowest BCUT2D eigenvalue weighted by atomic mass is 10.1. The fourth-order valence-electron chi connectivity index (χ4n) is 2.15. The molecular weight excluding hydrogens is 308 g/mol. The van der Waals surface area contributed by atoms with Crippen LogP contribution in [0.3, 0.4) is 0 Å². The monoisotopic (exact) mass is 338 g/mol. The number of ether oxygens (including phenoxy) is 4. The van der Waals surface area contributed by atoms with Crippen molar-refractivity contribution in [3.8, 4) is 5.75 Å². The molecule has 0 spiro atoms. The van der Waals surface area contributed by atoms with Crippen LogP contribution in [0.2, 0.25) is 0 Å². The Labute approximate surface area is 145 Å². The molecule has 1 aromatic carbocycles. The fraction of sp³-hybridized carbons (Fsp3) is 0.579. The van der Waals surface area contributed by atoms with Crippen LogP contribution in [0.15, 0.2) is 36.9 Å². The molecule has 5 nitrogen and oxygen atoms in total. The molecule has 2 atom stereocenters. The van der Waals surface area contributed by atoms with E-state index in [0.717, 1.165) is 11.3 Å². The minimum atomic E-state index is -0.476. The molecule has 0 heterocycles. The third kappa shape index (κ3) is 9.03. The van der Waals surface area contributed by atoms with Gasteiger partial charge in [-0.05, 0) is 31.0 Å². The Hall–Kier alpha value is -1.40. The predicted molar refractivity (Wildman–Crippen MR) is 94.3 cm³/mol. The maximum atomic E-state index is 10.1. The van der Waals surface area contributed by atoms with Crippen LogP contribution in [0.4, 0.5) is 0 Å². The zero-order valence-electron chi connectivity index (χ0n) is 14.8. The first-order chi connectivity index (χ1) is 11.7. The lowest BCUT2D eigenvalue weighted by molar-refractivity contribution is -0.00241. The van der Waals surface area contributed by atoms with E-state index in [9.17, 15) is 5.11 Å². The normalized spacial score (nSPS) is 13.5. The minimum absolute atomic E-state index is 0.165. The Bertz CT molecular complexity index is 432. The van der Waals surface area contributed by atoms with Gasteiger partial charge < -0.3 is 24.1 Å². The van der Waals surface area contributed by atoms with Gasteiger partial charge in [-0.3, -0.25) is 0 Å². The van der Waals surface area contributed by atoms with E-state index in [1.807, 2.05) is 31.2 Å². The second kappa shape index (κ2) is 13.0. The number of benzene rings is 1. The summed E-state index contributed by atoms with van der Waals surface area (Å²) in [6.07, 6.45) is 2.16. The maximum absolute atomic E-state index is 10.1. The van der Waals surface area contributed by atoms with Crippen molar-refractivity contribution in [1.29, 1.82) is 0 Å². The quantitative estimate of drug-likeness (QED) is 0.417. The largest absolute Gasteiger partial charge is 0.497 e. The average Bonchev–Trinajstić information content (AvgIpc) is 2.61. The van der Waals surface area contributed by atoms with Gasteiger partial charge in [-0.25, -0.2) is 0 Å². The highest BCUT2D eigenvalue weighted by Gasteiger charge is 2.12. The van der Waals surface area contributed by atoms with Crippen molar-refractivity contribution in [1.82, 2.24) is 0 Å². The van der Waals surface area contributed by atoms with Gasteiger partial charge in [-0.15, -0.1) is 6.58 Å². The summed E-state index contributed by atoms with van der Waals surface area (Å²) in [5.74, 6) is 0.828. The number of aliphatic hydroxyl groups is 1. The zero-order chi connectivity index (χ0) is 17.6. The predicted octanol–water partition coefficient (Wildman–Crippen LogP) is 2.96. The van der Waals surface area contributed by atoms with Crippen LogP contribution in [0, 0.1) is 0 Å². The number of hydrogen-bond acceptors (Lipinski definition) is 5. The fourth-order valence-corrected chi connectivity index (χ4v) is 2.15.